The molecule has 2 aromatic heterocycles. The van der Waals surface area contributed by atoms with Crippen molar-refractivity contribution in [2.75, 3.05) is 22.7 Å². The first-order valence-electron chi connectivity index (χ1n) is 10.6. The highest BCUT2D eigenvalue weighted by atomic mass is 35.5. The van der Waals surface area contributed by atoms with Crippen LogP contribution < -0.4 is 9.62 Å². The lowest BCUT2D eigenvalue weighted by Gasteiger charge is -2.23. The van der Waals surface area contributed by atoms with E-state index in [-0.39, 0.29) is 20.6 Å². The average Bonchev–Trinajstić information content (AvgIpc) is 3.24. The van der Waals surface area contributed by atoms with E-state index < -0.39 is 22.5 Å². The van der Waals surface area contributed by atoms with Crippen molar-refractivity contribution >= 4 is 61.6 Å². The average molecular weight is 546 g/mol. The molecule has 0 fully saturated rings. The number of nitrogens with zero attached hydrogens (tertiary/aromatic N) is 4. The Balaban J connectivity index is 1.70. The van der Waals surface area contributed by atoms with Crippen LogP contribution in [0.3, 0.4) is 0 Å². The van der Waals surface area contributed by atoms with Gasteiger partial charge in [0.1, 0.15) is 12.4 Å². The Bertz CT molecular complexity index is 1550. The number of fused-ring (bicyclic) bond motifs is 1. The normalized spacial score (nSPS) is 11.4. The predicted octanol–water partition coefficient (Wildman–Crippen LogP) is 5.00. The maximum atomic E-state index is 13.4. The Morgan fingerprint density at radius 3 is 2.42 bits per heavy atom. The van der Waals surface area contributed by atoms with Gasteiger partial charge in [-0.05, 0) is 61.5 Å². The molecule has 186 valence electrons. The minimum Gasteiger partial charge on any atom is -0.480 e. The number of carboxylic acid groups (broad SMARTS) is 1. The lowest BCUT2D eigenvalue weighted by atomic mass is 10.2. The van der Waals surface area contributed by atoms with Crippen LogP contribution in [-0.4, -0.2) is 47.3 Å². The number of sulfonamides is 1. The zero-order valence-corrected chi connectivity index (χ0v) is 21.3. The molecule has 2 aromatic carbocycles. The van der Waals surface area contributed by atoms with Crippen LogP contribution in [-0.2, 0) is 14.8 Å². The molecule has 0 saturated carbocycles. The molecular weight excluding hydrogens is 525 g/mol. The Kier molecular flexibility index (Phi) is 7.21. The molecule has 0 atom stereocenters. The molecule has 2 heterocycles. The number of aliphatic carboxylic acids is 1. The van der Waals surface area contributed by atoms with Gasteiger partial charge in [-0.1, -0.05) is 35.4 Å². The van der Waals surface area contributed by atoms with E-state index in [4.69, 9.17) is 23.2 Å². The van der Waals surface area contributed by atoms with Gasteiger partial charge in [0.05, 0.1) is 16.1 Å². The molecule has 0 bridgehead atoms. The number of halogens is 2. The third kappa shape index (κ3) is 5.46. The van der Waals surface area contributed by atoms with Crippen molar-refractivity contribution in [3.8, 4) is 5.82 Å². The van der Waals surface area contributed by atoms with Gasteiger partial charge in [0.2, 0.25) is 0 Å². The Labute approximate surface area is 217 Å². The summed E-state index contributed by atoms with van der Waals surface area (Å²) < 4.78 is 29.3. The number of rotatable bonds is 9. The van der Waals surface area contributed by atoms with Crippen molar-refractivity contribution in [1.82, 2.24) is 14.8 Å². The van der Waals surface area contributed by atoms with Crippen LogP contribution in [0, 0.1) is 0 Å². The molecule has 12 heteroatoms. The molecule has 0 saturated heterocycles. The van der Waals surface area contributed by atoms with E-state index in [1.807, 2.05) is 6.92 Å². The second-order valence-corrected chi connectivity index (χ2v) is 10.8. The van der Waals surface area contributed by atoms with Crippen molar-refractivity contribution in [3.05, 3.63) is 83.0 Å². The smallest absolute Gasteiger partial charge is 0.324 e. The summed E-state index contributed by atoms with van der Waals surface area (Å²) in [7, 11) is -4.28. The molecule has 0 aliphatic heterocycles. The molecule has 0 spiro atoms. The van der Waals surface area contributed by atoms with Gasteiger partial charge in [-0.25, -0.2) is 8.42 Å². The fourth-order valence-electron chi connectivity index (χ4n) is 3.52. The van der Waals surface area contributed by atoms with Crippen molar-refractivity contribution in [2.45, 2.75) is 11.8 Å². The zero-order chi connectivity index (χ0) is 26.0. The van der Waals surface area contributed by atoms with Crippen LogP contribution in [0.5, 0.6) is 0 Å². The summed E-state index contributed by atoms with van der Waals surface area (Å²) >= 11 is 12.0. The molecule has 0 radical (unpaired) electrons. The number of hydrogen-bond acceptors (Lipinski definition) is 6. The van der Waals surface area contributed by atoms with Crippen LogP contribution in [0.4, 0.5) is 11.5 Å². The van der Waals surface area contributed by atoms with Crippen LogP contribution in [0.25, 0.3) is 16.7 Å². The van der Waals surface area contributed by atoms with Gasteiger partial charge in [-0.2, -0.15) is 0 Å². The molecule has 0 unspecified atom stereocenters. The number of carbonyl (C=O) groups is 1. The van der Waals surface area contributed by atoms with Crippen molar-refractivity contribution in [1.29, 1.82) is 0 Å². The topological polar surface area (TPSA) is 117 Å². The van der Waals surface area contributed by atoms with Crippen LogP contribution in [0.15, 0.2) is 77.8 Å². The fourth-order valence-corrected chi connectivity index (χ4v) is 5.65. The van der Waals surface area contributed by atoms with Crippen molar-refractivity contribution in [2.24, 2.45) is 0 Å². The molecule has 4 aromatic rings. The zero-order valence-electron chi connectivity index (χ0n) is 19.0. The molecule has 0 aliphatic carbocycles. The van der Waals surface area contributed by atoms with Gasteiger partial charge in [0, 0.05) is 28.2 Å². The van der Waals surface area contributed by atoms with E-state index in [2.05, 4.69) is 22.1 Å². The largest absolute Gasteiger partial charge is 0.480 e. The first kappa shape index (κ1) is 25.5. The number of hydrogen-bond donors (Lipinski definition) is 2. The summed E-state index contributed by atoms with van der Waals surface area (Å²) in [5.41, 5.74) is 1.86. The predicted molar refractivity (Wildman–Crippen MR) is 141 cm³/mol. The minimum atomic E-state index is -4.28. The Hall–Kier alpha value is -3.60. The highest BCUT2D eigenvalue weighted by molar-refractivity contribution is 7.92. The van der Waals surface area contributed by atoms with Crippen molar-refractivity contribution < 1.29 is 18.3 Å². The maximum Gasteiger partial charge on any atom is 0.324 e. The van der Waals surface area contributed by atoms with Crippen molar-refractivity contribution in [3.63, 3.8) is 0 Å². The SMILES string of the molecule is C=C(C)CNc1ccc(-n2ccc3cc(N(CC(=O)O)S(=O)(=O)c4cc(Cl)cc(Cl)c4)ccc32)nn1. The van der Waals surface area contributed by atoms with E-state index >= 15 is 0 Å². The van der Waals surface area contributed by atoms with Gasteiger partial charge in [-0.15, -0.1) is 10.2 Å². The van der Waals surface area contributed by atoms with E-state index in [0.29, 0.717) is 23.6 Å². The molecule has 0 amide bonds. The fraction of sp³-hybridized carbons (Fsp3) is 0.125. The first-order valence-corrected chi connectivity index (χ1v) is 12.8. The van der Waals surface area contributed by atoms with Crippen LogP contribution in [0.2, 0.25) is 10.0 Å². The van der Waals surface area contributed by atoms with E-state index in [0.717, 1.165) is 15.4 Å². The van der Waals surface area contributed by atoms with Gasteiger partial charge in [0.15, 0.2) is 5.82 Å². The molecule has 9 nitrogen and oxygen atoms in total. The van der Waals surface area contributed by atoms with E-state index in [9.17, 15) is 18.3 Å². The summed E-state index contributed by atoms with van der Waals surface area (Å²) in [6, 6.07) is 14.0. The summed E-state index contributed by atoms with van der Waals surface area (Å²) in [5.74, 6) is -0.154. The van der Waals surface area contributed by atoms with Gasteiger partial charge >= 0.3 is 5.97 Å². The highest BCUT2D eigenvalue weighted by Crippen LogP contribution is 2.31. The summed E-state index contributed by atoms with van der Waals surface area (Å²) in [5, 5.41) is 21.9. The minimum absolute atomic E-state index is 0.117. The quantitative estimate of drug-likeness (QED) is 0.284. The summed E-state index contributed by atoms with van der Waals surface area (Å²) in [6.45, 7) is 5.54. The number of benzene rings is 2. The third-order valence-electron chi connectivity index (χ3n) is 5.13. The number of nitrogens with one attached hydrogen (secondary N) is 1. The Morgan fingerprint density at radius 1 is 1.08 bits per heavy atom. The molecule has 4 rings (SSSR count). The van der Waals surface area contributed by atoms with E-state index in [1.165, 1.54) is 24.3 Å². The highest BCUT2D eigenvalue weighted by Gasteiger charge is 2.28. The molecule has 2 N–H and O–H groups in total. The maximum absolute atomic E-state index is 13.4. The third-order valence-corrected chi connectivity index (χ3v) is 7.32. The van der Waals surface area contributed by atoms with Crippen LogP contribution in [0.1, 0.15) is 6.92 Å². The lowest BCUT2D eigenvalue weighted by molar-refractivity contribution is -0.135. The lowest BCUT2D eigenvalue weighted by Crippen LogP contribution is -2.35. The number of carboxylic acids is 1. The standard InChI is InChI=1S/C24H21Cl2N5O4S/c1-15(2)13-27-22-5-6-23(29-28-22)30-8-7-16-9-19(3-4-21(16)30)31(14-24(32)33)36(34,35)20-11-17(25)10-18(26)12-20/h3-12H,1,13-14H2,2H3,(H,27,28)(H,32,33). The first-order chi connectivity index (χ1) is 17.0. The molecule has 0 aliphatic rings. The molecule has 36 heavy (non-hydrogen) atoms. The van der Waals surface area contributed by atoms with Gasteiger partial charge in [0.25, 0.3) is 10.0 Å². The summed E-state index contributed by atoms with van der Waals surface area (Å²) in [4.78, 5) is 11.4. The van der Waals surface area contributed by atoms with Gasteiger partial charge < -0.3 is 10.4 Å². The number of anilines is 2. The monoisotopic (exact) mass is 545 g/mol. The van der Waals surface area contributed by atoms with Crippen LogP contribution >= 0.6 is 23.2 Å². The Morgan fingerprint density at radius 2 is 1.81 bits per heavy atom. The second-order valence-electron chi connectivity index (χ2n) is 8.03. The van der Waals surface area contributed by atoms with E-state index in [1.54, 1.807) is 41.1 Å². The molecular formula is C24H21Cl2N5O4S. The number of aromatic nitrogens is 3. The summed E-state index contributed by atoms with van der Waals surface area (Å²) in [6.07, 6.45) is 1.77. The van der Waals surface area contributed by atoms with Gasteiger partial charge in [-0.3, -0.25) is 13.7 Å². The second kappa shape index (κ2) is 10.2.